The number of aliphatic hydroxyl groups is 1. The van der Waals surface area contributed by atoms with Crippen LogP contribution in [0.5, 0.6) is 0 Å². The number of aliphatic hydroxyl groups excluding tert-OH is 1. The SMILES string of the molecule is OCCOCCn1ccc2ncnc(Nc3ccc4c(cnn4Cc4cccc(F)c4)c3)c21. The molecule has 0 amide bonds. The van der Waals surface area contributed by atoms with E-state index in [2.05, 4.69) is 20.4 Å². The van der Waals surface area contributed by atoms with E-state index in [1.54, 1.807) is 12.3 Å². The van der Waals surface area contributed by atoms with E-state index in [-0.39, 0.29) is 12.4 Å². The lowest BCUT2D eigenvalue weighted by atomic mass is 10.2. The Hall–Kier alpha value is -3.82. The van der Waals surface area contributed by atoms with Crippen molar-refractivity contribution in [3.8, 4) is 0 Å². The minimum absolute atomic E-state index is 0.00361. The first-order chi connectivity index (χ1) is 16.2. The third-order valence-corrected chi connectivity index (χ3v) is 5.39. The summed E-state index contributed by atoms with van der Waals surface area (Å²) < 4.78 is 22.8. The number of hydrogen-bond acceptors (Lipinski definition) is 6. The van der Waals surface area contributed by atoms with Gasteiger partial charge < -0.3 is 19.7 Å². The van der Waals surface area contributed by atoms with Crippen LogP contribution in [0.15, 0.2) is 67.3 Å². The molecule has 0 saturated heterocycles. The molecule has 0 aliphatic rings. The first-order valence-electron chi connectivity index (χ1n) is 10.7. The van der Waals surface area contributed by atoms with E-state index in [0.29, 0.717) is 32.1 Å². The highest BCUT2D eigenvalue weighted by molar-refractivity contribution is 5.90. The fourth-order valence-corrected chi connectivity index (χ4v) is 3.88. The first kappa shape index (κ1) is 21.0. The number of anilines is 2. The van der Waals surface area contributed by atoms with Crippen LogP contribution in [-0.4, -0.2) is 49.2 Å². The molecule has 9 heteroatoms. The van der Waals surface area contributed by atoms with E-state index in [9.17, 15) is 4.39 Å². The Morgan fingerprint density at radius 2 is 2.00 bits per heavy atom. The van der Waals surface area contributed by atoms with Gasteiger partial charge in [-0.25, -0.2) is 14.4 Å². The van der Waals surface area contributed by atoms with E-state index in [1.165, 1.54) is 18.5 Å². The largest absolute Gasteiger partial charge is 0.394 e. The van der Waals surface area contributed by atoms with Crippen LogP contribution in [0.25, 0.3) is 21.9 Å². The van der Waals surface area contributed by atoms with Gasteiger partial charge in [0.2, 0.25) is 0 Å². The van der Waals surface area contributed by atoms with Crippen LogP contribution in [-0.2, 0) is 17.8 Å². The molecular formula is C24H23FN6O2. The van der Waals surface area contributed by atoms with Gasteiger partial charge in [-0.15, -0.1) is 0 Å². The van der Waals surface area contributed by atoms with Crippen molar-refractivity contribution in [1.29, 1.82) is 0 Å². The van der Waals surface area contributed by atoms with Crippen LogP contribution in [0.2, 0.25) is 0 Å². The maximum atomic E-state index is 13.5. The topological polar surface area (TPSA) is 90.0 Å². The van der Waals surface area contributed by atoms with Gasteiger partial charge in [0.15, 0.2) is 5.82 Å². The summed E-state index contributed by atoms with van der Waals surface area (Å²) in [5.41, 5.74) is 4.40. The van der Waals surface area contributed by atoms with Crippen molar-refractivity contribution in [1.82, 2.24) is 24.3 Å². The second-order valence-corrected chi connectivity index (χ2v) is 7.63. The molecule has 3 aromatic heterocycles. The highest BCUT2D eigenvalue weighted by atomic mass is 19.1. The summed E-state index contributed by atoms with van der Waals surface area (Å²) in [5.74, 6) is 0.440. The second kappa shape index (κ2) is 9.35. The summed E-state index contributed by atoms with van der Waals surface area (Å²) in [6.45, 7) is 1.91. The van der Waals surface area contributed by atoms with E-state index in [1.807, 2.05) is 45.8 Å². The molecular weight excluding hydrogens is 423 g/mol. The molecule has 0 bridgehead atoms. The van der Waals surface area contributed by atoms with Crippen LogP contribution in [0.3, 0.4) is 0 Å². The zero-order chi connectivity index (χ0) is 22.6. The molecule has 0 atom stereocenters. The summed E-state index contributed by atoms with van der Waals surface area (Å²) in [6.07, 6.45) is 5.29. The molecule has 2 aromatic carbocycles. The van der Waals surface area contributed by atoms with Crippen LogP contribution >= 0.6 is 0 Å². The Bertz CT molecular complexity index is 1400. The molecule has 0 radical (unpaired) electrons. The Kier molecular flexibility index (Phi) is 5.97. The van der Waals surface area contributed by atoms with Crippen LogP contribution < -0.4 is 5.32 Å². The van der Waals surface area contributed by atoms with Crippen molar-refractivity contribution in [3.63, 3.8) is 0 Å². The third kappa shape index (κ3) is 4.55. The average Bonchev–Trinajstić information content (AvgIpc) is 3.41. The summed E-state index contributed by atoms with van der Waals surface area (Å²) in [6, 6.07) is 14.5. The number of nitrogens with one attached hydrogen (secondary N) is 1. The monoisotopic (exact) mass is 446 g/mol. The normalized spacial score (nSPS) is 11.5. The lowest BCUT2D eigenvalue weighted by molar-refractivity contribution is 0.0875. The van der Waals surface area contributed by atoms with Crippen molar-refractivity contribution < 1.29 is 14.2 Å². The first-order valence-corrected chi connectivity index (χ1v) is 10.7. The van der Waals surface area contributed by atoms with Gasteiger partial charge >= 0.3 is 0 Å². The number of rotatable bonds is 9. The summed E-state index contributed by atoms with van der Waals surface area (Å²) in [4.78, 5) is 8.80. The molecule has 3 heterocycles. The molecule has 0 aliphatic carbocycles. The van der Waals surface area contributed by atoms with Crippen molar-refractivity contribution in [2.75, 3.05) is 25.1 Å². The van der Waals surface area contributed by atoms with Gasteiger partial charge in [0, 0.05) is 23.8 Å². The molecule has 5 aromatic rings. The highest BCUT2D eigenvalue weighted by Gasteiger charge is 2.11. The number of ether oxygens (including phenoxy) is 1. The van der Waals surface area contributed by atoms with Crippen LogP contribution in [0.4, 0.5) is 15.9 Å². The van der Waals surface area contributed by atoms with Crippen molar-refractivity contribution >= 4 is 33.4 Å². The van der Waals surface area contributed by atoms with Gasteiger partial charge in [0.1, 0.15) is 17.7 Å². The maximum absolute atomic E-state index is 13.5. The molecule has 2 N–H and O–H groups in total. The molecule has 0 unspecified atom stereocenters. The minimum atomic E-state index is -0.253. The lowest BCUT2D eigenvalue weighted by Gasteiger charge is -2.11. The van der Waals surface area contributed by atoms with Crippen molar-refractivity contribution in [2.24, 2.45) is 0 Å². The lowest BCUT2D eigenvalue weighted by Crippen LogP contribution is -2.09. The number of nitrogens with zero attached hydrogens (tertiary/aromatic N) is 5. The molecule has 33 heavy (non-hydrogen) atoms. The Labute approximate surface area is 189 Å². The van der Waals surface area contributed by atoms with Crippen LogP contribution in [0.1, 0.15) is 5.56 Å². The zero-order valence-electron chi connectivity index (χ0n) is 17.9. The van der Waals surface area contributed by atoms with Gasteiger partial charge in [0.05, 0.1) is 43.6 Å². The molecule has 0 fully saturated rings. The predicted octanol–water partition coefficient (Wildman–Crippen LogP) is 3.72. The summed E-state index contributed by atoms with van der Waals surface area (Å²) in [7, 11) is 0. The fourth-order valence-electron chi connectivity index (χ4n) is 3.88. The molecule has 5 rings (SSSR count). The summed E-state index contributed by atoms with van der Waals surface area (Å²) in [5, 5.41) is 17.7. The van der Waals surface area contributed by atoms with Gasteiger partial charge in [0.25, 0.3) is 0 Å². The van der Waals surface area contributed by atoms with Gasteiger partial charge in [-0.05, 0) is 42.0 Å². The standard InChI is InChI=1S/C24H23FN6O2/c25-19-3-1-2-17(12-19)15-31-22-5-4-20(13-18(22)14-28-31)29-24-23-21(26-16-27-24)6-7-30(23)8-10-33-11-9-32/h1-7,12-14,16,32H,8-11,15H2,(H,26,27,29). The molecule has 0 aliphatic heterocycles. The Morgan fingerprint density at radius 3 is 2.88 bits per heavy atom. The Morgan fingerprint density at radius 1 is 1.06 bits per heavy atom. The maximum Gasteiger partial charge on any atom is 0.158 e. The van der Waals surface area contributed by atoms with Gasteiger partial charge in [-0.3, -0.25) is 4.68 Å². The van der Waals surface area contributed by atoms with Crippen molar-refractivity contribution in [2.45, 2.75) is 13.1 Å². The molecule has 0 spiro atoms. The molecule has 168 valence electrons. The highest BCUT2D eigenvalue weighted by Crippen LogP contribution is 2.26. The Balaban J connectivity index is 1.38. The zero-order valence-corrected chi connectivity index (χ0v) is 17.9. The number of hydrogen-bond donors (Lipinski definition) is 2. The quantitative estimate of drug-likeness (QED) is 0.336. The molecule has 8 nitrogen and oxygen atoms in total. The number of benzene rings is 2. The van der Waals surface area contributed by atoms with Crippen LogP contribution in [0, 0.1) is 5.82 Å². The smallest absolute Gasteiger partial charge is 0.158 e. The average molecular weight is 446 g/mol. The number of halogens is 1. The van der Waals surface area contributed by atoms with E-state index < -0.39 is 0 Å². The predicted molar refractivity (Wildman–Crippen MR) is 124 cm³/mol. The molecule has 0 saturated carbocycles. The third-order valence-electron chi connectivity index (χ3n) is 5.39. The van der Waals surface area contributed by atoms with Gasteiger partial charge in [-0.1, -0.05) is 12.1 Å². The summed E-state index contributed by atoms with van der Waals surface area (Å²) >= 11 is 0. The minimum Gasteiger partial charge on any atom is -0.394 e. The number of fused-ring (bicyclic) bond motifs is 2. The van der Waals surface area contributed by atoms with E-state index in [4.69, 9.17) is 9.84 Å². The van der Waals surface area contributed by atoms with Gasteiger partial charge in [-0.2, -0.15) is 5.10 Å². The van der Waals surface area contributed by atoms with Crippen molar-refractivity contribution in [3.05, 3.63) is 78.6 Å². The second-order valence-electron chi connectivity index (χ2n) is 7.63. The van der Waals surface area contributed by atoms with E-state index in [0.717, 1.165) is 33.2 Å². The van der Waals surface area contributed by atoms with E-state index >= 15 is 0 Å². The fraction of sp³-hybridized carbons (Fsp3) is 0.208. The number of aromatic nitrogens is 5.